The number of anilines is 1. The summed E-state index contributed by atoms with van der Waals surface area (Å²) in [6, 6.07) is 1.93. The maximum atomic E-state index is 12.0. The minimum absolute atomic E-state index is 0.102. The van der Waals surface area contributed by atoms with Crippen molar-refractivity contribution >= 4 is 33.7 Å². The second-order valence-corrected chi connectivity index (χ2v) is 6.46. The van der Waals surface area contributed by atoms with Gasteiger partial charge in [0, 0.05) is 6.42 Å². The van der Waals surface area contributed by atoms with Gasteiger partial charge in [0.25, 0.3) is 5.91 Å². The van der Waals surface area contributed by atoms with Crippen LogP contribution in [-0.4, -0.2) is 16.1 Å². The monoisotopic (exact) mass is 281 g/mol. The number of carbonyl (C=O) groups excluding carboxylic acids is 1. The smallest absolute Gasteiger partial charge is 0.267 e. The molecule has 0 unspecified atom stereocenters. The molecule has 0 aliphatic carbocycles. The molecule has 2 aromatic rings. The van der Waals surface area contributed by atoms with Crippen molar-refractivity contribution in [1.29, 1.82) is 0 Å². The van der Waals surface area contributed by atoms with Gasteiger partial charge >= 0.3 is 0 Å². The van der Waals surface area contributed by atoms with Crippen molar-refractivity contribution in [2.75, 3.05) is 5.32 Å². The van der Waals surface area contributed by atoms with E-state index < -0.39 is 0 Å². The van der Waals surface area contributed by atoms with Crippen LogP contribution in [0.5, 0.6) is 0 Å². The van der Waals surface area contributed by atoms with Gasteiger partial charge < -0.3 is 0 Å². The first kappa shape index (κ1) is 13.2. The maximum Gasteiger partial charge on any atom is 0.267 e. The molecule has 0 saturated heterocycles. The average molecular weight is 281 g/mol. The predicted octanol–water partition coefficient (Wildman–Crippen LogP) is 3.36. The molecule has 0 atom stereocenters. The highest BCUT2D eigenvalue weighted by atomic mass is 32.1. The Balaban J connectivity index is 2.04. The Bertz CT molecular complexity index is 545. The van der Waals surface area contributed by atoms with E-state index in [0.29, 0.717) is 11.0 Å². The van der Waals surface area contributed by atoms with Crippen LogP contribution in [0.1, 0.15) is 34.1 Å². The highest BCUT2D eigenvalue weighted by molar-refractivity contribution is 7.15. The van der Waals surface area contributed by atoms with Crippen LogP contribution in [0.25, 0.3) is 0 Å². The van der Waals surface area contributed by atoms with Crippen molar-refractivity contribution in [3.8, 4) is 0 Å². The molecule has 0 spiro atoms. The Hall–Kier alpha value is -1.27. The SMILES string of the molecule is Cc1ccsc1C(=O)Nc1nnc(CC(C)C)s1. The Morgan fingerprint density at radius 1 is 1.44 bits per heavy atom. The third kappa shape index (κ3) is 3.14. The number of rotatable bonds is 4. The van der Waals surface area contributed by atoms with Crippen molar-refractivity contribution in [3.63, 3.8) is 0 Å². The quantitative estimate of drug-likeness (QED) is 0.935. The summed E-state index contributed by atoms with van der Waals surface area (Å²) in [4.78, 5) is 12.7. The number of amides is 1. The molecule has 18 heavy (non-hydrogen) atoms. The minimum Gasteiger partial charge on any atom is -0.296 e. The lowest BCUT2D eigenvalue weighted by atomic mass is 10.1. The van der Waals surface area contributed by atoms with Gasteiger partial charge in [0.2, 0.25) is 5.13 Å². The first-order chi connectivity index (χ1) is 8.56. The van der Waals surface area contributed by atoms with Gasteiger partial charge in [-0.3, -0.25) is 10.1 Å². The second-order valence-electron chi connectivity index (χ2n) is 4.49. The zero-order valence-corrected chi connectivity index (χ0v) is 12.2. The molecule has 0 saturated carbocycles. The van der Waals surface area contributed by atoms with Gasteiger partial charge in [-0.05, 0) is 29.9 Å². The van der Waals surface area contributed by atoms with Crippen molar-refractivity contribution in [1.82, 2.24) is 10.2 Å². The van der Waals surface area contributed by atoms with Crippen molar-refractivity contribution in [3.05, 3.63) is 26.9 Å². The zero-order chi connectivity index (χ0) is 13.1. The van der Waals surface area contributed by atoms with Crippen molar-refractivity contribution < 1.29 is 4.79 Å². The summed E-state index contributed by atoms with van der Waals surface area (Å²) >= 11 is 2.88. The zero-order valence-electron chi connectivity index (χ0n) is 10.6. The lowest BCUT2D eigenvalue weighted by Gasteiger charge is -1.99. The van der Waals surface area contributed by atoms with Crippen LogP contribution in [0, 0.1) is 12.8 Å². The largest absolute Gasteiger partial charge is 0.296 e. The lowest BCUT2D eigenvalue weighted by Crippen LogP contribution is -2.10. The van der Waals surface area contributed by atoms with E-state index in [4.69, 9.17) is 0 Å². The van der Waals surface area contributed by atoms with Gasteiger partial charge in [0.1, 0.15) is 5.01 Å². The lowest BCUT2D eigenvalue weighted by molar-refractivity contribution is 0.103. The second kappa shape index (κ2) is 5.58. The predicted molar refractivity (Wildman–Crippen MR) is 75.5 cm³/mol. The van der Waals surface area contributed by atoms with Crippen LogP contribution in [0.4, 0.5) is 5.13 Å². The van der Waals surface area contributed by atoms with Crippen LogP contribution in [0.3, 0.4) is 0 Å². The maximum absolute atomic E-state index is 12.0. The molecule has 6 heteroatoms. The fraction of sp³-hybridized carbons (Fsp3) is 0.417. The molecule has 1 amide bonds. The molecular weight excluding hydrogens is 266 g/mol. The molecular formula is C12H15N3OS2. The molecule has 0 aromatic carbocycles. The summed E-state index contributed by atoms with van der Waals surface area (Å²) in [6.45, 7) is 6.19. The molecule has 96 valence electrons. The summed E-state index contributed by atoms with van der Waals surface area (Å²) in [5.74, 6) is 0.441. The van der Waals surface area contributed by atoms with E-state index in [1.54, 1.807) is 0 Å². The standard InChI is InChI=1S/C12H15N3OS2/c1-7(2)6-9-14-15-12(18-9)13-11(16)10-8(3)4-5-17-10/h4-5,7H,6H2,1-3H3,(H,13,15,16). The van der Waals surface area contributed by atoms with E-state index in [9.17, 15) is 4.79 Å². The van der Waals surface area contributed by atoms with Gasteiger partial charge in [-0.1, -0.05) is 25.2 Å². The summed E-state index contributed by atoms with van der Waals surface area (Å²) in [5.41, 5.74) is 0.990. The van der Waals surface area contributed by atoms with Crippen LogP contribution in [0.15, 0.2) is 11.4 Å². The summed E-state index contributed by atoms with van der Waals surface area (Å²) in [7, 11) is 0. The van der Waals surface area contributed by atoms with Crippen molar-refractivity contribution in [2.45, 2.75) is 27.2 Å². The minimum atomic E-state index is -0.102. The summed E-state index contributed by atoms with van der Waals surface area (Å²) < 4.78 is 0. The highest BCUT2D eigenvalue weighted by Gasteiger charge is 2.13. The molecule has 0 aliphatic rings. The van der Waals surface area contributed by atoms with E-state index in [1.807, 2.05) is 18.4 Å². The number of carbonyl (C=O) groups is 1. The third-order valence-corrected chi connectivity index (χ3v) is 4.21. The summed E-state index contributed by atoms with van der Waals surface area (Å²) in [5, 5.41) is 14.3. The van der Waals surface area contributed by atoms with Gasteiger partial charge in [-0.15, -0.1) is 21.5 Å². The Labute approximate surface area is 114 Å². The average Bonchev–Trinajstić information content (AvgIpc) is 2.87. The molecule has 4 nitrogen and oxygen atoms in total. The van der Waals surface area contributed by atoms with Crippen LogP contribution < -0.4 is 5.32 Å². The molecule has 0 radical (unpaired) electrons. The van der Waals surface area contributed by atoms with Crippen LogP contribution >= 0.6 is 22.7 Å². The van der Waals surface area contributed by atoms with Crippen molar-refractivity contribution in [2.24, 2.45) is 5.92 Å². The number of hydrogen-bond donors (Lipinski definition) is 1. The molecule has 0 bridgehead atoms. The number of aromatic nitrogens is 2. The van der Waals surface area contributed by atoms with Gasteiger partial charge in [-0.25, -0.2) is 0 Å². The van der Waals surface area contributed by atoms with E-state index >= 15 is 0 Å². The molecule has 2 rings (SSSR count). The number of thiophene rings is 1. The Morgan fingerprint density at radius 2 is 2.22 bits per heavy atom. The molecule has 1 N–H and O–H groups in total. The number of nitrogens with one attached hydrogen (secondary N) is 1. The summed E-state index contributed by atoms with van der Waals surface area (Å²) in [6.07, 6.45) is 0.894. The van der Waals surface area contributed by atoms with E-state index in [1.165, 1.54) is 22.7 Å². The van der Waals surface area contributed by atoms with Crippen LogP contribution in [-0.2, 0) is 6.42 Å². The highest BCUT2D eigenvalue weighted by Crippen LogP contribution is 2.21. The number of hydrogen-bond acceptors (Lipinski definition) is 5. The third-order valence-electron chi connectivity index (χ3n) is 2.34. The molecule has 0 fully saturated rings. The fourth-order valence-electron chi connectivity index (χ4n) is 1.50. The van der Waals surface area contributed by atoms with E-state index in [0.717, 1.165) is 21.9 Å². The fourth-order valence-corrected chi connectivity index (χ4v) is 3.26. The first-order valence-electron chi connectivity index (χ1n) is 5.74. The molecule has 2 aromatic heterocycles. The topological polar surface area (TPSA) is 54.9 Å². The van der Waals surface area contributed by atoms with Gasteiger partial charge in [-0.2, -0.15) is 0 Å². The van der Waals surface area contributed by atoms with Gasteiger partial charge in [0.05, 0.1) is 4.88 Å². The van der Waals surface area contributed by atoms with E-state index in [2.05, 4.69) is 29.4 Å². The van der Waals surface area contributed by atoms with Gasteiger partial charge in [0.15, 0.2) is 0 Å². The van der Waals surface area contributed by atoms with E-state index in [-0.39, 0.29) is 5.91 Å². The van der Waals surface area contributed by atoms with Crippen LogP contribution in [0.2, 0.25) is 0 Å². The number of aryl methyl sites for hydroxylation is 1. The normalized spacial score (nSPS) is 10.9. The Morgan fingerprint density at radius 3 is 2.83 bits per heavy atom. The first-order valence-corrected chi connectivity index (χ1v) is 7.43. The molecule has 2 heterocycles. The number of nitrogens with zero attached hydrogens (tertiary/aromatic N) is 2. The Kier molecular flexibility index (Phi) is 4.08. The molecule has 0 aliphatic heterocycles.